The van der Waals surface area contributed by atoms with Crippen LogP contribution in [0.1, 0.15) is 18.6 Å². The molecule has 0 heterocycles. The van der Waals surface area contributed by atoms with E-state index in [1.807, 2.05) is 0 Å². The lowest BCUT2D eigenvalue weighted by molar-refractivity contribution is 0.198. The number of benzene rings is 1. The van der Waals surface area contributed by atoms with Gasteiger partial charge in [-0.15, -0.1) is 0 Å². The zero-order chi connectivity index (χ0) is 8.43. The summed E-state index contributed by atoms with van der Waals surface area (Å²) in [6, 6.07) is 3.76. The van der Waals surface area contributed by atoms with E-state index in [0.29, 0.717) is 5.56 Å². The second-order valence-electron chi connectivity index (χ2n) is 2.39. The summed E-state index contributed by atoms with van der Waals surface area (Å²) in [4.78, 5) is 0. The van der Waals surface area contributed by atoms with Crippen molar-refractivity contribution in [3.8, 4) is 5.75 Å². The van der Waals surface area contributed by atoms with Gasteiger partial charge in [-0.3, -0.25) is 0 Å². The molecule has 0 aliphatic heterocycles. The van der Waals surface area contributed by atoms with Gasteiger partial charge in [-0.2, -0.15) is 0 Å². The first-order valence-corrected chi connectivity index (χ1v) is 3.27. The first kappa shape index (κ1) is 8.01. The summed E-state index contributed by atoms with van der Waals surface area (Å²) in [5.74, 6) is -1.10. The molecule has 1 aromatic rings. The average Bonchev–Trinajstić information content (AvgIpc) is 1.94. The van der Waals surface area contributed by atoms with E-state index in [9.17, 15) is 4.39 Å². The highest BCUT2D eigenvalue weighted by Gasteiger charge is 2.04. The van der Waals surface area contributed by atoms with Gasteiger partial charge in [-0.25, -0.2) is 4.39 Å². The number of aliphatic hydroxyl groups is 1. The number of halogens is 1. The number of rotatable bonds is 1. The number of phenols is 1. The largest absolute Gasteiger partial charge is 0.505 e. The van der Waals surface area contributed by atoms with E-state index in [4.69, 9.17) is 10.2 Å². The Morgan fingerprint density at radius 3 is 2.55 bits per heavy atom. The van der Waals surface area contributed by atoms with Crippen molar-refractivity contribution in [2.75, 3.05) is 0 Å². The third-order valence-electron chi connectivity index (χ3n) is 1.45. The molecule has 0 fully saturated rings. The Morgan fingerprint density at radius 1 is 1.45 bits per heavy atom. The topological polar surface area (TPSA) is 40.5 Å². The Kier molecular flexibility index (Phi) is 2.10. The molecule has 1 rings (SSSR count). The zero-order valence-corrected chi connectivity index (χ0v) is 6.08. The molecule has 0 saturated heterocycles. The summed E-state index contributed by atoms with van der Waals surface area (Å²) < 4.78 is 12.4. The van der Waals surface area contributed by atoms with Crippen LogP contribution in [0.5, 0.6) is 5.75 Å². The van der Waals surface area contributed by atoms with Crippen molar-refractivity contribution in [1.29, 1.82) is 0 Å². The van der Waals surface area contributed by atoms with Crippen LogP contribution in [0.4, 0.5) is 4.39 Å². The maximum atomic E-state index is 12.4. The minimum atomic E-state index is -0.679. The number of hydrogen-bond donors (Lipinski definition) is 2. The van der Waals surface area contributed by atoms with Gasteiger partial charge in [-0.1, -0.05) is 6.07 Å². The van der Waals surface area contributed by atoms with E-state index in [-0.39, 0.29) is 0 Å². The van der Waals surface area contributed by atoms with Crippen LogP contribution in [-0.4, -0.2) is 10.2 Å². The average molecular weight is 156 g/mol. The van der Waals surface area contributed by atoms with Crippen LogP contribution in [0.15, 0.2) is 18.2 Å². The lowest BCUT2D eigenvalue weighted by Gasteiger charge is -2.04. The second-order valence-corrected chi connectivity index (χ2v) is 2.39. The van der Waals surface area contributed by atoms with Crippen molar-refractivity contribution in [3.63, 3.8) is 0 Å². The molecule has 0 saturated carbocycles. The summed E-state index contributed by atoms with van der Waals surface area (Å²) in [6.45, 7) is 1.55. The third kappa shape index (κ3) is 1.68. The summed E-state index contributed by atoms with van der Waals surface area (Å²) in [7, 11) is 0. The molecular formula is C8H9FO2. The van der Waals surface area contributed by atoms with Gasteiger partial charge in [0.05, 0.1) is 6.10 Å². The third-order valence-corrected chi connectivity index (χ3v) is 1.45. The summed E-state index contributed by atoms with van der Waals surface area (Å²) in [5, 5.41) is 17.9. The molecule has 2 nitrogen and oxygen atoms in total. The van der Waals surface area contributed by atoms with Gasteiger partial charge < -0.3 is 10.2 Å². The smallest absolute Gasteiger partial charge is 0.164 e. The Bertz CT molecular complexity index is 258. The predicted molar refractivity (Wildman–Crippen MR) is 38.7 cm³/mol. The molecule has 2 N–H and O–H groups in total. The molecule has 0 spiro atoms. The number of aliphatic hydroxyl groups excluding tert-OH is 1. The van der Waals surface area contributed by atoms with E-state index >= 15 is 0 Å². The van der Waals surface area contributed by atoms with E-state index in [2.05, 4.69) is 0 Å². The molecule has 0 bridgehead atoms. The molecule has 0 radical (unpaired) electrons. The molecule has 0 aliphatic rings. The van der Waals surface area contributed by atoms with Crippen LogP contribution in [-0.2, 0) is 0 Å². The summed E-state index contributed by atoms with van der Waals surface area (Å²) >= 11 is 0. The quantitative estimate of drug-likeness (QED) is 0.648. The number of hydrogen-bond acceptors (Lipinski definition) is 2. The van der Waals surface area contributed by atoms with Crippen LogP contribution in [0.25, 0.3) is 0 Å². The Hall–Kier alpha value is -1.09. The van der Waals surface area contributed by atoms with E-state index in [1.54, 1.807) is 6.92 Å². The summed E-state index contributed by atoms with van der Waals surface area (Å²) in [6.07, 6.45) is -0.679. The molecule has 1 atom stereocenters. The maximum absolute atomic E-state index is 12.4. The molecule has 1 unspecified atom stereocenters. The molecule has 1 aromatic carbocycles. The van der Waals surface area contributed by atoms with Crippen LogP contribution in [0.3, 0.4) is 0 Å². The molecule has 0 amide bonds. The van der Waals surface area contributed by atoms with Crippen LogP contribution < -0.4 is 0 Å². The van der Waals surface area contributed by atoms with Gasteiger partial charge in [-0.05, 0) is 24.6 Å². The monoisotopic (exact) mass is 156 g/mol. The zero-order valence-electron chi connectivity index (χ0n) is 6.08. The first-order chi connectivity index (χ1) is 5.11. The predicted octanol–water partition coefficient (Wildman–Crippen LogP) is 1.58. The van der Waals surface area contributed by atoms with Gasteiger partial charge in [0.15, 0.2) is 11.6 Å². The highest BCUT2D eigenvalue weighted by atomic mass is 19.1. The number of aromatic hydroxyl groups is 1. The maximum Gasteiger partial charge on any atom is 0.164 e. The van der Waals surface area contributed by atoms with Crippen molar-refractivity contribution in [3.05, 3.63) is 29.6 Å². The fourth-order valence-electron chi connectivity index (χ4n) is 0.790. The van der Waals surface area contributed by atoms with Crippen LogP contribution >= 0.6 is 0 Å². The highest BCUT2D eigenvalue weighted by Crippen LogP contribution is 2.20. The van der Waals surface area contributed by atoms with Crippen molar-refractivity contribution >= 4 is 0 Å². The molecular weight excluding hydrogens is 147 g/mol. The Morgan fingerprint density at radius 2 is 2.09 bits per heavy atom. The van der Waals surface area contributed by atoms with E-state index in [0.717, 1.165) is 6.07 Å². The van der Waals surface area contributed by atoms with Gasteiger partial charge in [0.25, 0.3) is 0 Å². The van der Waals surface area contributed by atoms with E-state index < -0.39 is 17.7 Å². The Labute approximate surface area is 63.9 Å². The van der Waals surface area contributed by atoms with Crippen LogP contribution in [0.2, 0.25) is 0 Å². The SMILES string of the molecule is CC(O)c1ccc(F)c(O)c1. The molecule has 0 aliphatic carbocycles. The minimum Gasteiger partial charge on any atom is -0.505 e. The second kappa shape index (κ2) is 2.88. The summed E-state index contributed by atoms with van der Waals surface area (Å²) in [5.41, 5.74) is 0.504. The van der Waals surface area contributed by atoms with Crippen molar-refractivity contribution < 1.29 is 14.6 Å². The minimum absolute atomic E-state index is 0.427. The molecule has 60 valence electrons. The van der Waals surface area contributed by atoms with Gasteiger partial charge in [0.1, 0.15) is 0 Å². The van der Waals surface area contributed by atoms with Crippen LogP contribution in [0, 0.1) is 5.82 Å². The molecule has 0 aromatic heterocycles. The Balaban J connectivity index is 3.05. The lowest BCUT2D eigenvalue weighted by Crippen LogP contribution is -1.90. The number of phenolic OH excluding ortho intramolecular Hbond substituents is 1. The van der Waals surface area contributed by atoms with Gasteiger partial charge in [0.2, 0.25) is 0 Å². The van der Waals surface area contributed by atoms with Gasteiger partial charge in [0, 0.05) is 0 Å². The van der Waals surface area contributed by atoms with Gasteiger partial charge >= 0.3 is 0 Å². The fourth-order valence-corrected chi connectivity index (χ4v) is 0.790. The lowest BCUT2D eigenvalue weighted by atomic mass is 10.1. The normalized spacial score (nSPS) is 13.0. The fraction of sp³-hybridized carbons (Fsp3) is 0.250. The van der Waals surface area contributed by atoms with Crippen molar-refractivity contribution in [2.24, 2.45) is 0 Å². The molecule has 3 heteroatoms. The van der Waals surface area contributed by atoms with Crippen molar-refractivity contribution in [1.82, 2.24) is 0 Å². The van der Waals surface area contributed by atoms with Crippen molar-refractivity contribution in [2.45, 2.75) is 13.0 Å². The first-order valence-electron chi connectivity index (χ1n) is 3.27. The van der Waals surface area contributed by atoms with E-state index in [1.165, 1.54) is 12.1 Å². The standard InChI is InChI=1S/C8H9FO2/c1-5(10)6-2-3-7(9)8(11)4-6/h2-5,10-11H,1H3. The highest BCUT2D eigenvalue weighted by molar-refractivity contribution is 5.29. The molecule has 11 heavy (non-hydrogen) atoms.